The lowest BCUT2D eigenvalue weighted by Crippen LogP contribution is -2.27. The van der Waals surface area contributed by atoms with Gasteiger partial charge >= 0.3 is 0 Å². The van der Waals surface area contributed by atoms with Gasteiger partial charge in [0, 0.05) is 43.9 Å². The van der Waals surface area contributed by atoms with Crippen molar-refractivity contribution in [3.05, 3.63) is 95.6 Å². The van der Waals surface area contributed by atoms with E-state index in [1.807, 2.05) is 30.3 Å². The van der Waals surface area contributed by atoms with Gasteiger partial charge in [-0.25, -0.2) is 0 Å². The Kier molecular flexibility index (Phi) is 6.09. The molecule has 1 amide bonds. The molecule has 1 N–H and O–H groups in total. The van der Waals surface area contributed by atoms with Crippen LogP contribution in [0.5, 0.6) is 0 Å². The van der Waals surface area contributed by atoms with Crippen LogP contribution in [0.15, 0.2) is 73.2 Å². The second kappa shape index (κ2) is 8.90. The molecule has 1 atom stereocenters. The fourth-order valence-electron chi connectivity index (χ4n) is 3.12. The fourth-order valence-corrected chi connectivity index (χ4v) is 3.12. The largest absolute Gasteiger partial charge is 0.356 e. The van der Waals surface area contributed by atoms with E-state index in [-0.39, 0.29) is 11.8 Å². The van der Waals surface area contributed by atoms with Crippen LogP contribution in [0.25, 0.3) is 0 Å². The Hall–Kier alpha value is -3.01. The molecule has 2 aromatic carbocycles. The summed E-state index contributed by atoms with van der Waals surface area (Å²) < 4.78 is 0. The first-order valence-electron chi connectivity index (χ1n) is 8.86. The van der Waals surface area contributed by atoms with E-state index < -0.39 is 0 Å². The van der Waals surface area contributed by atoms with E-state index in [1.54, 1.807) is 18.6 Å². The van der Waals surface area contributed by atoms with Gasteiger partial charge in [-0.3, -0.25) is 14.8 Å². The van der Waals surface area contributed by atoms with Crippen molar-refractivity contribution in [1.82, 2.24) is 15.3 Å². The molecule has 0 saturated heterocycles. The molecule has 26 heavy (non-hydrogen) atoms. The van der Waals surface area contributed by atoms with Gasteiger partial charge in [-0.05, 0) is 23.6 Å². The molecule has 0 aliphatic rings. The van der Waals surface area contributed by atoms with E-state index in [4.69, 9.17) is 0 Å². The number of amides is 1. The van der Waals surface area contributed by atoms with Crippen molar-refractivity contribution in [3.8, 4) is 0 Å². The van der Waals surface area contributed by atoms with Gasteiger partial charge in [0.15, 0.2) is 0 Å². The first-order valence-corrected chi connectivity index (χ1v) is 8.86. The van der Waals surface area contributed by atoms with E-state index in [0.717, 1.165) is 11.3 Å². The molecule has 4 heteroatoms. The van der Waals surface area contributed by atoms with Gasteiger partial charge in [-0.1, -0.05) is 54.6 Å². The molecule has 1 aromatic heterocycles. The van der Waals surface area contributed by atoms with Crippen molar-refractivity contribution in [2.24, 2.45) is 0 Å². The van der Waals surface area contributed by atoms with Crippen molar-refractivity contribution in [1.29, 1.82) is 0 Å². The van der Waals surface area contributed by atoms with Gasteiger partial charge in [0.05, 0.1) is 5.69 Å². The van der Waals surface area contributed by atoms with Gasteiger partial charge < -0.3 is 5.32 Å². The lowest BCUT2D eigenvalue weighted by Gasteiger charge is -2.20. The average Bonchev–Trinajstić information content (AvgIpc) is 2.68. The third-order valence-corrected chi connectivity index (χ3v) is 4.48. The number of carbonyl (C=O) groups is 1. The average molecular weight is 345 g/mol. The van der Waals surface area contributed by atoms with Crippen LogP contribution >= 0.6 is 0 Å². The lowest BCUT2D eigenvalue weighted by molar-refractivity contribution is -0.121. The van der Waals surface area contributed by atoms with Crippen LogP contribution < -0.4 is 5.32 Å². The van der Waals surface area contributed by atoms with Crippen LogP contribution in [0.3, 0.4) is 0 Å². The van der Waals surface area contributed by atoms with Crippen LogP contribution in [-0.2, 0) is 11.2 Å². The molecule has 0 aliphatic heterocycles. The SMILES string of the molecule is Cc1ccccc1[C@H](CC(=O)NCCc1cnccn1)c1ccccc1. The predicted molar refractivity (Wildman–Crippen MR) is 103 cm³/mol. The summed E-state index contributed by atoms with van der Waals surface area (Å²) in [6, 6.07) is 18.5. The first kappa shape index (κ1) is 17.8. The molecule has 3 aromatic rings. The smallest absolute Gasteiger partial charge is 0.220 e. The second-order valence-corrected chi connectivity index (χ2v) is 6.32. The van der Waals surface area contributed by atoms with Crippen LogP contribution in [0.4, 0.5) is 0 Å². The minimum Gasteiger partial charge on any atom is -0.356 e. The lowest BCUT2D eigenvalue weighted by atomic mass is 9.86. The topological polar surface area (TPSA) is 54.9 Å². The monoisotopic (exact) mass is 345 g/mol. The Labute approximate surface area is 154 Å². The van der Waals surface area contributed by atoms with Crippen LogP contribution in [0, 0.1) is 6.92 Å². The normalized spacial score (nSPS) is 11.7. The quantitative estimate of drug-likeness (QED) is 0.711. The summed E-state index contributed by atoms with van der Waals surface area (Å²) in [6.07, 6.45) is 6.15. The summed E-state index contributed by atoms with van der Waals surface area (Å²) in [5.41, 5.74) is 4.44. The minimum absolute atomic E-state index is 0.0472. The summed E-state index contributed by atoms with van der Waals surface area (Å²) in [4.78, 5) is 20.8. The van der Waals surface area contributed by atoms with Crippen molar-refractivity contribution in [2.75, 3.05) is 6.54 Å². The second-order valence-electron chi connectivity index (χ2n) is 6.32. The number of nitrogens with zero attached hydrogens (tertiary/aromatic N) is 2. The molecule has 0 unspecified atom stereocenters. The van der Waals surface area contributed by atoms with Gasteiger partial charge in [0.1, 0.15) is 0 Å². The molecule has 1 heterocycles. The molecule has 0 fully saturated rings. The standard InChI is InChI=1S/C22H23N3O/c1-17-7-5-6-10-20(17)21(18-8-3-2-4-9-18)15-22(26)25-12-11-19-16-23-13-14-24-19/h2-10,13-14,16,21H,11-12,15H2,1H3,(H,25,26)/t21-/m1/s1. The Morgan fingerprint density at radius 3 is 2.54 bits per heavy atom. The molecule has 0 radical (unpaired) electrons. The van der Waals surface area contributed by atoms with Gasteiger partial charge in [-0.2, -0.15) is 0 Å². The Bertz CT molecular complexity index is 834. The van der Waals surface area contributed by atoms with Crippen LogP contribution in [0.1, 0.15) is 34.7 Å². The Morgan fingerprint density at radius 1 is 1.04 bits per heavy atom. The summed E-state index contributed by atoms with van der Waals surface area (Å²) in [5, 5.41) is 3.01. The third kappa shape index (κ3) is 4.76. The molecule has 3 rings (SSSR count). The number of aromatic nitrogens is 2. The Balaban J connectivity index is 1.68. The summed E-state index contributed by atoms with van der Waals surface area (Å²) >= 11 is 0. The zero-order chi connectivity index (χ0) is 18.2. The minimum atomic E-state index is 0.0472. The number of rotatable bonds is 7. The molecule has 0 bridgehead atoms. The molecule has 132 valence electrons. The molecular weight excluding hydrogens is 322 g/mol. The number of benzene rings is 2. The molecule has 0 aliphatic carbocycles. The van der Waals surface area contributed by atoms with Crippen LogP contribution in [0.2, 0.25) is 0 Å². The van der Waals surface area contributed by atoms with Crippen molar-refractivity contribution >= 4 is 5.91 Å². The zero-order valence-electron chi connectivity index (χ0n) is 14.9. The number of aryl methyl sites for hydroxylation is 1. The highest BCUT2D eigenvalue weighted by Gasteiger charge is 2.19. The third-order valence-electron chi connectivity index (χ3n) is 4.48. The van der Waals surface area contributed by atoms with E-state index in [1.165, 1.54) is 11.1 Å². The highest BCUT2D eigenvalue weighted by atomic mass is 16.1. The van der Waals surface area contributed by atoms with Crippen molar-refractivity contribution in [2.45, 2.75) is 25.7 Å². The maximum Gasteiger partial charge on any atom is 0.220 e. The van der Waals surface area contributed by atoms with E-state index in [2.05, 4.69) is 46.5 Å². The number of carbonyl (C=O) groups excluding carboxylic acids is 1. The van der Waals surface area contributed by atoms with Crippen LogP contribution in [-0.4, -0.2) is 22.4 Å². The van der Waals surface area contributed by atoms with Gasteiger partial charge in [0.2, 0.25) is 5.91 Å². The molecule has 4 nitrogen and oxygen atoms in total. The molecule has 0 saturated carbocycles. The summed E-state index contributed by atoms with van der Waals surface area (Å²) in [6.45, 7) is 2.66. The van der Waals surface area contributed by atoms with Gasteiger partial charge in [-0.15, -0.1) is 0 Å². The number of hydrogen-bond acceptors (Lipinski definition) is 3. The highest BCUT2D eigenvalue weighted by molar-refractivity contribution is 5.77. The van der Waals surface area contributed by atoms with Crippen molar-refractivity contribution in [3.63, 3.8) is 0 Å². The number of nitrogens with one attached hydrogen (secondary N) is 1. The van der Waals surface area contributed by atoms with E-state index in [9.17, 15) is 4.79 Å². The summed E-state index contributed by atoms with van der Waals surface area (Å²) in [7, 11) is 0. The maximum atomic E-state index is 12.6. The Morgan fingerprint density at radius 2 is 1.81 bits per heavy atom. The fraction of sp³-hybridized carbons (Fsp3) is 0.227. The highest BCUT2D eigenvalue weighted by Crippen LogP contribution is 2.30. The molecule has 0 spiro atoms. The van der Waals surface area contributed by atoms with E-state index >= 15 is 0 Å². The van der Waals surface area contributed by atoms with Crippen molar-refractivity contribution < 1.29 is 4.79 Å². The van der Waals surface area contributed by atoms with Gasteiger partial charge in [0.25, 0.3) is 0 Å². The maximum absolute atomic E-state index is 12.6. The zero-order valence-corrected chi connectivity index (χ0v) is 14.9. The predicted octanol–water partition coefficient (Wildman–Crippen LogP) is 3.67. The molecular formula is C22H23N3O. The van der Waals surface area contributed by atoms with E-state index in [0.29, 0.717) is 19.4 Å². The first-order chi connectivity index (χ1) is 12.7. The number of hydrogen-bond donors (Lipinski definition) is 1. The summed E-state index contributed by atoms with van der Waals surface area (Å²) in [5.74, 6) is 0.0971.